The van der Waals surface area contributed by atoms with E-state index >= 15 is 0 Å². The van der Waals surface area contributed by atoms with Gasteiger partial charge in [0, 0.05) is 6.04 Å². The molecule has 0 saturated carbocycles. The summed E-state index contributed by atoms with van der Waals surface area (Å²) in [6.07, 6.45) is 4.87. The van der Waals surface area contributed by atoms with E-state index in [0.29, 0.717) is 6.04 Å². The van der Waals surface area contributed by atoms with Gasteiger partial charge in [-0.25, -0.2) is 0 Å². The molecule has 3 rings (SSSR count). The number of rotatable bonds is 6. The Labute approximate surface area is 134 Å². The molecule has 0 bridgehead atoms. The van der Waals surface area contributed by atoms with E-state index in [2.05, 4.69) is 72.9 Å². The largest absolute Gasteiger partial charge is 0.310 e. The molecule has 0 amide bonds. The Hall–Kier alpha value is -1.86. The minimum atomic E-state index is 0.490. The van der Waals surface area contributed by atoms with Crippen LogP contribution in [0.25, 0.3) is 11.1 Å². The topological polar surface area (TPSA) is 12.0 Å². The zero-order chi connectivity index (χ0) is 15.2. The van der Waals surface area contributed by atoms with Gasteiger partial charge in [-0.15, -0.1) is 0 Å². The van der Waals surface area contributed by atoms with E-state index in [4.69, 9.17) is 0 Å². The van der Waals surface area contributed by atoms with Gasteiger partial charge in [0.2, 0.25) is 0 Å². The van der Waals surface area contributed by atoms with Gasteiger partial charge in [-0.1, -0.05) is 74.0 Å². The second kappa shape index (κ2) is 7.42. The van der Waals surface area contributed by atoms with Crippen LogP contribution in [0.2, 0.25) is 0 Å². The van der Waals surface area contributed by atoms with Crippen molar-refractivity contribution >= 4 is 11.1 Å². The number of benzene rings is 2. The fourth-order valence-electron chi connectivity index (χ4n) is 3.37. The zero-order valence-corrected chi connectivity index (χ0v) is 13.4. The second-order valence-corrected chi connectivity index (χ2v) is 6.02. The van der Waals surface area contributed by atoms with Crippen LogP contribution >= 0.6 is 0 Å². The number of hydrogen-bond donors (Lipinski definition) is 1. The molecule has 1 N–H and O–H groups in total. The Morgan fingerprint density at radius 1 is 0.909 bits per heavy atom. The first kappa shape index (κ1) is 15.1. The lowest BCUT2D eigenvalue weighted by Gasteiger charge is -2.18. The van der Waals surface area contributed by atoms with E-state index in [1.165, 1.54) is 41.5 Å². The highest BCUT2D eigenvalue weighted by Crippen LogP contribution is 2.39. The molecule has 1 nitrogen and oxygen atoms in total. The molecular weight excluding hydrogens is 266 g/mol. The molecule has 1 atom stereocenters. The lowest BCUT2D eigenvalue weighted by Crippen LogP contribution is -2.29. The Bertz CT molecular complexity index is 613. The summed E-state index contributed by atoms with van der Waals surface area (Å²) in [5, 5.41) is 3.77. The first-order valence-electron chi connectivity index (χ1n) is 8.47. The van der Waals surface area contributed by atoms with Crippen LogP contribution in [-0.4, -0.2) is 12.6 Å². The summed E-state index contributed by atoms with van der Waals surface area (Å²) in [5.74, 6) is 0. The molecule has 0 spiro atoms. The summed E-state index contributed by atoms with van der Waals surface area (Å²) in [7, 11) is 0. The summed E-state index contributed by atoms with van der Waals surface area (Å²) in [4.78, 5) is 0. The first-order valence-corrected chi connectivity index (χ1v) is 8.47. The molecule has 2 aromatic carbocycles. The molecule has 1 aliphatic carbocycles. The van der Waals surface area contributed by atoms with Crippen molar-refractivity contribution in [2.45, 2.75) is 38.6 Å². The number of allylic oxidation sites excluding steroid dienone is 1. The van der Waals surface area contributed by atoms with Crippen LogP contribution in [0.5, 0.6) is 0 Å². The van der Waals surface area contributed by atoms with Gasteiger partial charge in [0.15, 0.2) is 0 Å². The van der Waals surface area contributed by atoms with Crippen LogP contribution in [-0.2, 0) is 0 Å². The summed E-state index contributed by atoms with van der Waals surface area (Å²) < 4.78 is 0. The van der Waals surface area contributed by atoms with Gasteiger partial charge in [0.05, 0.1) is 0 Å². The molecule has 2 aromatic rings. The number of unbranched alkanes of at least 4 members (excludes halogenated alkanes) is 1. The second-order valence-electron chi connectivity index (χ2n) is 6.02. The van der Waals surface area contributed by atoms with Gasteiger partial charge in [-0.3, -0.25) is 0 Å². The maximum Gasteiger partial charge on any atom is 0.0332 e. The van der Waals surface area contributed by atoms with Crippen molar-refractivity contribution in [1.82, 2.24) is 5.32 Å². The van der Waals surface area contributed by atoms with Gasteiger partial charge < -0.3 is 5.32 Å². The van der Waals surface area contributed by atoms with Gasteiger partial charge in [0.25, 0.3) is 0 Å². The summed E-state index contributed by atoms with van der Waals surface area (Å²) >= 11 is 0. The highest BCUT2D eigenvalue weighted by atomic mass is 14.9. The fraction of sp³-hybridized carbons (Fsp3) is 0.333. The maximum atomic E-state index is 3.77. The van der Waals surface area contributed by atoms with Crippen molar-refractivity contribution in [3.63, 3.8) is 0 Å². The molecule has 0 aromatic heterocycles. The van der Waals surface area contributed by atoms with Gasteiger partial charge in [-0.2, -0.15) is 0 Å². The van der Waals surface area contributed by atoms with E-state index < -0.39 is 0 Å². The Morgan fingerprint density at radius 2 is 1.55 bits per heavy atom. The third-order valence-electron chi connectivity index (χ3n) is 4.48. The SMILES string of the molecule is CCCCNC1CCC(c2ccccc2)=C1c1ccccc1. The number of nitrogens with one attached hydrogen (secondary N) is 1. The molecular formula is C21H25N. The van der Waals surface area contributed by atoms with Crippen molar-refractivity contribution in [3.05, 3.63) is 71.8 Å². The van der Waals surface area contributed by atoms with Crippen molar-refractivity contribution in [2.75, 3.05) is 6.54 Å². The quantitative estimate of drug-likeness (QED) is 0.726. The van der Waals surface area contributed by atoms with Crippen molar-refractivity contribution in [2.24, 2.45) is 0 Å². The predicted molar refractivity (Wildman–Crippen MR) is 95.6 cm³/mol. The third-order valence-corrected chi connectivity index (χ3v) is 4.48. The highest BCUT2D eigenvalue weighted by molar-refractivity contribution is 5.95. The van der Waals surface area contributed by atoms with Gasteiger partial charge >= 0.3 is 0 Å². The molecule has 0 heterocycles. The third kappa shape index (κ3) is 3.31. The molecule has 1 unspecified atom stereocenters. The molecule has 0 radical (unpaired) electrons. The molecule has 0 saturated heterocycles. The summed E-state index contributed by atoms with van der Waals surface area (Å²) in [6.45, 7) is 3.36. The molecule has 0 aliphatic heterocycles. The Balaban J connectivity index is 1.96. The van der Waals surface area contributed by atoms with Crippen LogP contribution in [0, 0.1) is 0 Å². The lowest BCUT2D eigenvalue weighted by atomic mass is 9.95. The lowest BCUT2D eigenvalue weighted by molar-refractivity contribution is 0.570. The Morgan fingerprint density at radius 3 is 2.18 bits per heavy atom. The molecule has 0 fully saturated rings. The molecule has 114 valence electrons. The highest BCUT2D eigenvalue weighted by Gasteiger charge is 2.26. The van der Waals surface area contributed by atoms with Crippen molar-refractivity contribution in [1.29, 1.82) is 0 Å². The minimum absolute atomic E-state index is 0.490. The average molecular weight is 291 g/mol. The summed E-state index contributed by atoms with van der Waals surface area (Å²) in [5.41, 5.74) is 5.76. The van der Waals surface area contributed by atoms with Crippen LogP contribution in [0.3, 0.4) is 0 Å². The monoisotopic (exact) mass is 291 g/mol. The smallest absolute Gasteiger partial charge is 0.0332 e. The van der Waals surface area contributed by atoms with Gasteiger partial charge in [-0.05, 0) is 48.1 Å². The van der Waals surface area contributed by atoms with Crippen LogP contribution in [0.1, 0.15) is 43.7 Å². The van der Waals surface area contributed by atoms with Crippen molar-refractivity contribution < 1.29 is 0 Å². The minimum Gasteiger partial charge on any atom is -0.310 e. The molecule has 1 aliphatic rings. The molecule has 1 heteroatoms. The fourth-order valence-corrected chi connectivity index (χ4v) is 3.37. The average Bonchev–Trinajstić information content (AvgIpc) is 3.01. The van der Waals surface area contributed by atoms with E-state index in [1.54, 1.807) is 0 Å². The molecule has 22 heavy (non-hydrogen) atoms. The summed E-state index contributed by atoms with van der Waals surface area (Å²) in [6, 6.07) is 22.2. The maximum absolute atomic E-state index is 3.77. The Kier molecular flexibility index (Phi) is 5.07. The zero-order valence-electron chi connectivity index (χ0n) is 13.4. The number of hydrogen-bond acceptors (Lipinski definition) is 1. The normalized spacial score (nSPS) is 18.0. The van der Waals surface area contributed by atoms with E-state index in [0.717, 1.165) is 13.0 Å². The first-order chi connectivity index (χ1) is 10.9. The van der Waals surface area contributed by atoms with Crippen molar-refractivity contribution in [3.8, 4) is 0 Å². The predicted octanol–water partition coefficient (Wildman–Crippen LogP) is 5.15. The van der Waals surface area contributed by atoms with Crippen LogP contribution < -0.4 is 5.32 Å². The van der Waals surface area contributed by atoms with E-state index in [-0.39, 0.29) is 0 Å². The van der Waals surface area contributed by atoms with Crippen LogP contribution in [0.15, 0.2) is 60.7 Å². The van der Waals surface area contributed by atoms with Gasteiger partial charge in [0.1, 0.15) is 0 Å². The van der Waals surface area contributed by atoms with E-state index in [9.17, 15) is 0 Å². The van der Waals surface area contributed by atoms with E-state index in [1.807, 2.05) is 0 Å². The van der Waals surface area contributed by atoms with Crippen LogP contribution in [0.4, 0.5) is 0 Å². The standard InChI is InChI=1S/C21H25N/c1-2-3-16-22-20-15-14-19(17-10-6-4-7-11-17)21(20)18-12-8-5-9-13-18/h4-13,20,22H,2-3,14-16H2,1H3.